The zero-order chi connectivity index (χ0) is 26.4. The number of Topliss-reactive ketones (excluding diaryl/α,β-unsaturated/α-hetero) is 1. The zero-order valence-electron chi connectivity index (χ0n) is 20.5. The highest BCUT2D eigenvalue weighted by molar-refractivity contribution is 6.38. The molecule has 3 N–H and O–H groups in total. The van der Waals surface area contributed by atoms with Crippen molar-refractivity contribution in [1.82, 2.24) is 15.6 Å². The van der Waals surface area contributed by atoms with Gasteiger partial charge >= 0.3 is 0 Å². The van der Waals surface area contributed by atoms with E-state index < -0.39 is 23.6 Å². The Bertz CT molecular complexity index is 1490. The van der Waals surface area contributed by atoms with E-state index in [0.29, 0.717) is 16.7 Å². The maximum atomic E-state index is 13.3. The molecule has 1 atom stereocenters. The number of fused-ring (bicyclic) bond motifs is 1. The molecule has 0 aliphatic carbocycles. The smallest absolute Gasteiger partial charge is 0.289 e. The Kier molecular flexibility index (Phi) is 7.78. The fourth-order valence-corrected chi connectivity index (χ4v) is 4.02. The van der Waals surface area contributed by atoms with Crippen LogP contribution in [-0.2, 0) is 22.6 Å². The summed E-state index contributed by atoms with van der Waals surface area (Å²) in [6.45, 7) is 1.69. The van der Waals surface area contributed by atoms with Gasteiger partial charge < -0.3 is 20.4 Å². The first-order valence-electron chi connectivity index (χ1n) is 11.8. The molecular weight excluding hydrogens is 470 g/mol. The molecule has 8 nitrogen and oxygen atoms in total. The van der Waals surface area contributed by atoms with Crippen LogP contribution in [0.1, 0.15) is 27.2 Å². The van der Waals surface area contributed by atoms with Crippen LogP contribution in [0.25, 0.3) is 10.9 Å². The molecule has 3 aromatic carbocycles. The third kappa shape index (κ3) is 5.92. The van der Waals surface area contributed by atoms with E-state index in [1.807, 2.05) is 30.3 Å². The maximum Gasteiger partial charge on any atom is 0.289 e. The number of pyridine rings is 1. The van der Waals surface area contributed by atoms with Gasteiger partial charge in [-0.2, -0.15) is 0 Å². The number of aromatic nitrogens is 1. The maximum absolute atomic E-state index is 13.3. The summed E-state index contributed by atoms with van der Waals surface area (Å²) in [6.07, 6.45) is 0.109. The topological polar surface area (TPSA) is 117 Å². The van der Waals surface area contributed by atoms with Crippen LogP contribution in [0, 0.1) is 6.92 Å². The van der Waals surface area contributed by atoms with E-state index >= 15 is 0 Å². The second-order valence-electron chi connectivity index (χ2n) is 8.61. The average Bonchev–Trinajstić information content (AvgIpc) is 2.93. The third-order valence-corrected chi connectivity index (χ3v) is 6.11. The molecule has 0 bridgehead atoms. The van der Waals surface area contributed by atoms with Crippen molar-refractivity contribution in [1.29, 1.82) is 0 Å². The molecule has 4 aromatic rings. The number of amides is 2. The van der Waals surface area contributed by atoms with Gasteiger partial charge in [-0.25, -0.2) is 0 Å². The van der Waals surface area contributed by atoms with Crippen LogP contribution in [0.5, 0.6) is 5.75 Å². The lowest BCUT2D eigenvalue weighted by molar-refractivity contribution is -0.139. The SMILES string of the molecule is COc1ccc(CNC(=O)C(=O)[C@H](Cc2ccccc2)NC(=O)c2[nH]c3ccccc3c(=O)c2C)cc1. The van der Waals surface area contributed by atoms with Crippen molar-refractivity contribution in [3.63, 3.8) is 0 Å². The molecule has 1 heterocycles. The van der Waals surface area contributed by atoms with Gasteiger partial charge in [0.1, 0.15) is 17.5 Å². The van der Waals surface area contributed by atoms with Crippen LogP contribution in [-0.4, -0.2) is 35.7 Å². The number of benzene rings is 3. The minimum absolute atomic E-state index is 0.0493. The number of H-pyrrole nitrogens is 1. The monoisotopic (exact) mass is 497 g/mol. The van der Waals surface area contributed by atoms with Gasteiger partial charge in [0.25, 0.3) is 11.8 Å². The number of carbonyl (C=O) groups is 3. The molecule has 0 saturated carbocycles. The number of ketones is 1. The fourth-order valence-electron chi connectivity index (χ4n) is 4.02. The van der Waals surface area contributed by atoms with Gasteiger partial charge in [-0.3, -0.25) is 19.2 Å². The van der Waals surface area contributed by atoms with Crippen LogP contribution in [0.3, 0.4) is 0 Å². The van der Waals surface area contributed by atoms with E-state index in [1.54, 1.807) is 62.6 Å². The lowest BCUT2D eigenvalue weighted by Crippen LogP contribution is -2.49. The van der Waals surface area contributed by atoms with Gasteiger partial charge in [0.15, 0.2) is 5.43 Å². The highest BCUT2D eigenvalue weighted by Crippen LogP contribution is 2.13. The van der Waals surface area contributed by atoms with Crippen molar-refractivity contribution in [3.8, 4) is 5.75 Å². The molecule has 4 rings (SSSR count). The normalized spacial score (nSPS) is 11.5. The standard InChI is InChI=1S/C29H27N3O5/c1-18-25(31-23-11-7-6-10-22(23)26(18)33)28(35)32-24(16-19-8-4-3-5-9-19)27(34)29(36)30-17-20-12-14-21(37-2)15-13-20/h3-15,24H,16-17H2,1-2H3,(H,30,36)(H,31,33)(H,32,35)/t24-/m0/s1. The number of rotatable bonds is 9. The van der Waals surface area contributed by atoms with Crippen LogP contribution in [0.15, 0.2) is 83.7 Å². The number of aromatic amines is 1. The molecule has 0 fully saturated rings. The molecule has 0 unspecified atom stereocenters. The highest BCUT2D eigenvalue weighted by atomic mass is 16.5. The summed E-state index contributed by atoms with van der Waals surface area (Å²) in [5.74, 6) is -1.57. The predicted molar refractivity (Wildman–Crippen MR) is 141 cm³/mol. The van der Waals surface area contributed by atoms with E-state index in [9.17, 15) is 19.2 Å². The highest BCUT2D eigenvalue weighted by Gasteiger charge is 2.28. The minimum atomic E-state index is -1.14. The molecule has 0 radical (unpaired) electrons. The zero-order valence-corrected chi connectivity index (χ0v) is 20.5. The Labute approximate surface area is 213 Å². The molecule has 0 aliphatic rings. The lowest BCUT2D eigenvalue weighted by atomic mass is 10.0. The van der Waals surface area contributed by atoms with E-state index in [-0.39, 0.29) is 29.7 Å². The molecule has 1 aromatic heterocycles. The Hall–Kier alpha value is -4.72. The van der Waals surface area contributed by atoms with E-state index in [4.69, 9.17) is 4.74 Å². The van der Waals surface area contributed by atoms with E-state index in [1.165, 1.54) is 0 Å². The molecule has 0 spiro atoms. The summed E-state index contributed by atoms with van der Waals surface area (Å²) in [6, 6.07) is 21.9. The summed E-state index contributed by atoms with van der Waals surface area (Å²) in [4.78, 5) is 55.0. The van der Waals surface area contributed by atoms with Gasteiger partial charge in [0, 0.05) is 29.4 Å². The molecule has 37 heavy (non-hydrogen) atoms. The fraction of sp³-hybridized carbons (Fsp3) is 0.172. The number of carbonyl (C=O) groups excluding carboxylic acids is 3. The summed E-state index contributed by atoms with van der Waals surface area (Å²) in [7, 11) is 1.56. The Morgan fingerprint density at radius 1 is 0.892 bits per heavy atom. The van der Waals surface area contributed by atoms with E-state index in [0.717, 1.165) is 11.1 Å². The molecule has 0 aliphatic heterocycles. The number of ether oxygens (including phenoxy) is 1. The number of para-hydroxylation sites is 1. The van der Waals surface area contributed by atoms with Crippen molar-refractivity contribution in [2.45, 2.75) is 25.9 Å². The number of hydrogen-bond donors (Lipinski definition) is 3. The Morgan fingerprint density at radius 2 is 1.57 bits per heavy atom. The van der Waals surface area contributed by atoms with Crippen molar-refractivity contribution >= 4 is 28.5 Å². The summed E-state index contributed by atoms with van der Waals surface area (Å²) >= 11 is 0. The molecule has 0 saturated heterocycles. The van der Waals surface area contributed by atoms with Gasteiger partial charge in [0.05, 0.1) is 7.11 Å². The summed E-state index contributed by atoms with van der Waals surface area (Å²) in [5.41, 5.74) is 2.07. The van der Waals surface area contributed by atoms with Crippen molar-refractivity contribution in [2.24, 2.45) is 0 Å². The van der Waals surface area contributed by atoms with Crippen molar-refractivity contribution in [3.05, 3.63) is 111 Å². The lowest BCUT2D eigenvalue weighted by Gasteiger charge is -2.18. The summed E-state index contributed by atoms with van der Waals surface area (Å²) < 4.78 is 5.13. The predicted octanol–water partition coefficient (Wildman–Crippen LogP) is 3.07. The number of hydrogen-bond acceptors (Lipinski definition) is 5. The quantitative estimate of drug-likeness (QED) is 0.307. The molecule has 8 heteroatoms. The van der Waals surface area contributed by atoms with Crippen molar-refractivity contribution in [2.75, 3.05) is 7.11 Å². The first-order chi connectivity index (χ1) is 17.9. The number of nitrogens with one attached hydrogen (secondary N) is 3. The minimum Gasteiger partial charge on any atom is -0.497 e. The Balaban J connectivity index is 1.55. The summed E-state index contributed by atoms with van der Waals surface area (Å²) in [5, 5.41) is 5.76. The van der Waals surface area contributed by atoms with Crippen LogP contribution < -0.4 is 20.8 Å². The first-order valence-corrected chi connectivity index (χ1v) is 11.8. The second kappa shape index (κ2) is 11.3. The van der Waals surface area contributed by atoms with Gasteiger partial charge in [-0.1, -0.05) is 54.6 Å². The van der Waals surface area contributed by atoms with Crippen LogP contribution in [0.2, 0.25) is 0 Å². The van der Waals surface area contributed by atoms with Crippen LogP contribution >= 0.6 is 0 Å². The van der Waals surface area contributed by atoms with Crippen LogP contribution in [0.4, 0.5) is 0 Å². The third-order valence-electron chi connectivity index (χ3n) is 6.11. The largest absolute Gasteiger partial charge is 0.497 e. The number of methoxy groups -OCH3 is 1. The van der Waals surface area contributed by atoms with Gasteiger partial charge in [0.2, 0.25) is 5.78 Å². The average molecular weight is 498 g/mol. The van der Waals surface area contributed by atoms with Gasteiger partial charge in [-0.05, 0) is 42.3 Å². The van der Waals surface area contributed by atoms with Crippen molar-refractivity contribution < 1.29 is 19.1 Å². The van der Waals surface area contributed by atoms with E-state index in [2.05, 4.69) is 15.6 Å². The van der Waals surface area contributed by atoms with Gasteiger partial charge in [-0.15, -0.1) is 0 Å². The molecule has 188 valence electrons. The second-order valence-corrected chi connectivity index (χ2v) is 8.61. The first kappa shape index (κ1) is 25.4. The molecule has 2 amide bonds. The molecular formula is C29H27N3O5. The Morgan fingerprint density at radius 3 is 2.27 bits per heavy atom.